The SMILES string of the molecule is COCCCNC(=O)[C@H]1c2cc(OC)c(OC)cc2C(=O)N2CCc3ccccc3[C@H]12. The predicted molar refractivity (Wildman–Crippen MR) is 116 cm³/mol. The summed E-state index contributed by atoms with van der Waals surface area (Å²) in [6, 6.07) is 11.2. The van der Waals surface area contributed by atoms with Crippen molar-refractivity contribution in [1.29, 1.82) is 0 Å². The van der Waals surface area contributed by atoms with E-state index >= 15 is 0 Å². The van der Waals surface area contributed by atoms with Crippen LogP contribution in [0.5, 0.6) is 11.5 Å². The standard InChI is InChI=1S/C24H28N2O5/c1-29-12-6-10-25-23(27)21-17-13-19(30-2)20(31-3)14-18(17)24(28)26-11-9-15-7-4-5-8-16(15)22(21)26/h4-5,7-8,13-14,21-22H,6,9-12H2,1-3H3,(H,25,27)/t21-,22+/m0/s1. The van der Waals surface area contributed by atoms with Gasteiger partial charge in [0.25, 0.3) is 5.91 Å². The minimum absolute atomic E-state index is 0.0844. The Kier molecular flexibility index (Phi) is 6.13. The molecule has 7 heteroatoms. The number of fused-ring (bicyclic) bond motifs is 4. The summed E-state index contributed by atoms with van der Waals surface area (Å²) in [5.74, 6) is 0.243. The van der Waals surface area contributed by atoms with Crippen LogP contribution < -0.4 is 14.8 Å². The third-order valence-electron chi connectivity index (χ3n) is 6.14. The average molecular weight is 424 g/mol. The van der Waals surface area contributed by atoms with Crippen molar-refractivity contribution in [2.75, 3.05) is 41.0 Å². The number of methoxy groups -OCH3 is 3. The van der Waals surface area contributed by atoms with Crippen LogP contribution >= 0.6 is 0 Å². The number of benzene rings is 2. The first kappa shape index (κ1) is 21.2. The summed E-state index contributed by atoms with van der Waals surface area (Å²) in [5.41, 5.74) is 3.37. The lowest BCUT2D eigenvalue weighted by atomic mass is 9.75. The maximum Gasteiger partial charge on any atom is 0.254 e. The number of hydrogen-bond donors (Lipinski definition) is 1. The summed E-state index contributed by atoms with van der Waals surface area (Å²) in [6.07, 6.45) is 1.49. The number of amides is 2. The third-order valence-corrected chi connectivity index (χ3v) is 6.14. The van der Waals surface area contributed by atoms with E-state index in [2.05, 4.69) is 11.4 Å². The molecule has 2 aliphatic rings. The molecule has 7 nitrogen and oxygen atoms in total. The van der Waals surface area contributed by atoms with Gasteiger partial charge in [-0.2, -0.15) is 0 Å². The first-order valence-corrected chi connectivity index (χ1v) is 10.5. The van der Waals surface area contributed by atoms with E-state index in [0.29, 0.717) is 42.3 Å². The van der Waals surface area contributed by atoms with Crippen molar-refractivity contribution in [2.24, 2.45) is 0 Å². The zero-order chi connectivity index (χ0) is 22.0. The first-order chi connectivity index (χ1) is 15.1. The van der Waals surface area contributed by atoms with Crippen molar-refractivity contribution in [3.63, 3.8) is 0 Å². The van der Waals surface area contributed by atoms with Gasteiger partial charge in [-0.15, -0.1) is 0 Å². The fourth-order valence-electron chi connectivity index (χ4n) is 4.67. The Bertz CT molecular complexity index is 990. The second-order valence-electron chi connectivity index (χ2n) is 7.80. The van der Waals surface area contributed by atoms with E-state index in [0.717, 1.165) is 18.4 Å². The molecule has 2 aromatic rings. The lowest BCUT2D eigenvalue weighted by molar-refractivity contribution is -0.124. The van der Waals surface area contributed by atoms with Gasteiger partial charge in [0, 0.05) is 32.4 Å². The number of carbonyl (C=O) groups excluding carboxylic acids is 2. The van der Waals surface area contributed by atoms with Gasteiger partial charge in [0.05, 0.1) is 26.2 Å². The maximum absolute atomic E-state index is 13.5. The lowest BCUT2D eigenvalue weighted by Gasteiger charge is -2.45. The molecular weight excluding hydrogens is 396 g/mol. The second kappa shape index (κ2) is 8.98. The van der Waals surface area contributed by atoms with Crippen molar-refractivity contribution in [1.82, 2.24) is 10.2 Å². The number of ether oxygens (including phenoxy) is 3. The molecule has 1 N–H and O–H groups in total. The molecule has 2 aliphatic heterocycles. The van der Waals surface area contributed by atoms with Gasteiger partial charge in [0.2, 0.25) is 5.91 Å². The Morgan fingerprint density at radius 2 is 1.84 bits per heavy atom. The third kappa shape index (κ3) is 3.74. The molecule has 2 aromatic carbocycles. The fourth-order valence-corrected chi connectivity index (χ4v) is 4.67. The van der Waals surface area contributed by atoms with E-state index in [4.69, 9.17) is 14.2 Å². The Balaban J connectivity index is 1.82. The molecule has 0 bridgehead atoms. The Labute approximate surface area is 182 Å². The Hall–Kier alpha value is -3.06. The van der Waals surface area contributed by atoms with Gasteiger partial charge in [0.1, 0.15) is 0 Å². The summed E-state index contributed by atoms with van der Waals surface area (Å²) < 4.78 is 16.0. The minimum Gasteiger partial charge on any atom is -0.493 e. The molecule has 0 spiro atoms. The van der Waals surface area contributed by atoms with Crippen LogP contribution in [0.2, 0.25) is 0 Å². The number of carbonyl (C=O) groups is 2. The Morgan fingerprint density at radius 3 is 2.58 bits per heavy atom. The summed E-state index contributed by atoms with van der Waals surface area (Å²) in [4.78, 5) is 28.8. The van der Waals surface area contributed by atoms with E-state index in [1.54, 1.807) is 26.4 Å². The molecule has 0 saturated carbocycles. The van der Waals surface area contributed by atoms with Gasteiger partial charge in [0.15, 0.2) is 11.5 Å². The highest BCUT2D eigenvalue weighted by Crippen LogP contribution is 2.48. The number of rotatable bonds is 7. The van der Waals surface area contributed by atoms with Crippen molar-refractivity contribution in [3.8, 4) is 11.5 Å². The average Bonchev–Trinajstić information content (AvgIpc) is 2.81. The van der Waals surface area contributed by atoms with Gasteiger partial charge in [-0.05, 0) is 41.7 Å². The summed E-state index contributed by atoms with van der Waals surface area (Å²) in [6.45, 7) is 1.65. The monoisotopic (exact) mass is 424 g/mol. The summed E-state index contributed by atoms with van der Waals surface area (Å²) >= 11 is 0. The van der Waals surface area contributed by atoms with Gasteiger partial charge in [-0.3, -0.25) is 9.59 Å². The van der Waals surface area contributed by atoms with Crippen LogP contribution in [0.1, 0.15) is 45.4 Å². The predicted octanol–water partition coefficient (Wildman–Crippen LogP) is 2.69. The van der Waals surface area contributed by atoms with Crippen LogP contribution in [0, 0.1) is 0 Å². The molecular formula is C24H28N2O5. The second-order valence-corrected chi connectivity index (χ2v) is 7.80. The molecule has 2 heterocycles. The maximum atomic E-state index is 13.5. The van der Waals surface area contributed by atoms with Gasteiger partial charge >= 0.3 is 0 Å². The molecule has 164 valence electrons. The topological polar surface area (TPSA) is 77.1 Å². The number of nitrogens with one attached hydrogen (secondary N) is 1. The number of hydrogen-bond acceptors (Lipinski definition) is 5. The highest BCUT2D eigenvalue weighted by atomic mass is 16.5. The van der Waals surface area contributed by atoms with E-state index in [1.807, 2.05) is 23.1 Å². The molecule has 0 unspecified atom stereocenters. The van der Waals surface area contributed by atoms with E-state index in [-0.39, 0.29) is 17.9 Å². The quantitative estimate of drug-likeness (QED) is 0.692. The largest absolute Gasteiger partial charge is 0.493 e. The minimum atomic E-state index is -0.545. The fraction of sp³-hybridized carbons (Fsp3) is 0.417. The summed E-state index contributed by atoms with van der Waals surface area (Å²) in [7, 11) is 4.73. The highest BCUT2D eigenvalue weighted by Gasteiger charge is 2.46. The molecule has 0 aromatic heterocycles. The van der Waals surface area contributed by atoms with Crippen LogP contribution in [0.15, 0.2) is 36.4 Å². The zero-order valence-corrected chi connectivity index (χ0v) is 18.1. The van der Waals surface area contributed by atoms with Crippen LogP contribution in [0.4, 0.5) is 0 Å². The van der Waals surface area contributed by atoms with Gasteiger partial charge in [-0.25, -0.2) is 0 Å². The van der Waals surface area contributed by atoms with Gasteiger partial charge < -0.3 is 24.4 Å². The van der Waals surface area contributed by atoms with Crippen LogP contribution in [0.3, 0.4) is 0 Å². The van der Waals surface area contributed by atoms with Gasteiger partial charge in [-0.1, -0.05) is 24.3 Å². The summed E-state index contributed by atoms with van der Waals surface area (Å²) in [5, 5.41) is 3.04. The molecule has 0 radical (unpaired) electrons. The normalized spacial score (nSPS) is 19.2. The van der Waals surface area contributed by atoms with Crippen LogP contribution in [-0.2, 0) is 16.0 Å². The lowest BCUT2D eigenvalue weighted by Crippen LogP contribution is -2.50. The smallest absolute Gasteiger partial charge is 0.254 e. The molecule has 2 amide bonds. The number of nitrogens with zero attached hydrogens (tertiary/aromatic N) is 1. The Morgan fingerprint density at radius 1 is 1.10 bits per heavy atom. The van der Waals surface area contributed by atoms with Crippen molar-refractivity contribution >= 4 is 11.8 Å². The zero-order valence-electron chi connectivity index (χ0n) is 18.1. The molecule has 0 aliphatic carbocycles. The molecule has 2 atom stereocenters. The van der Waals surface area contributed by atoms with Crippen LogP contribution in [0.25, 0.3) is 0 Å². The van der Waals surface area contributed by atoms with E-state index < -0.39 is 5.92 Å². The van der Waals surface area contributed by atoms with Crippen LogP contribution in [-0.4, -0.2) is 57.7 Å². The van der Waals surface area contributed by atoms with Crippen molar-refractivity contribution < 1.29 is 23.8 Å². The van der Waals surface area contributed by atoms with Crippen molar-refractivity contribution in [2.45, 2.75) is 24.8 Å². The van der Waals surface area contributed by atoms with E-state index in [1.165, 1.54) is 12.7 Å². The molecule has 0 saturated heterocycles. The molecule has 4 rings (SSSR count). The first-order valence-electron chi connectivity index (χ1n) is 10.5. The van der Waals surface area contributed by atoms with E-state index in [9.17, 15) is 9.59 Å². The van der Waals surface area contributed by atoms with Crippen molar-refractivity contribution in [3.05, 3.63) is 58.7 Å². The molecule has 0 fully saturated rings. The molecule has 31 heavy (non-hydrogen) atoms. The highest BCUT2D eigenvalue weighted by molar-refractivity contribution is 6.02.